The average Bonchev–Trinajstić information content (AvgIpc) is 2.57. The number of rotatable bonds is 4. The van der Waals surface area contributed by atoms with Crippen molar-refractivity contribution in [2.24, 2.45) is 23.7 Å². The lowest BCUT2D eigenvalue weighted by Gasteiger charge is -2.46. The Morgan fingerprint density at radius 1 is 0.960 bits per heavy atom. The van der Waals surface area contributed by atoms with Crippen molar-refractivity contribution in [3.63, 3.8) is 0 Å². The van der Waals surface area contributed by atoms with E-state index in [9.17, 15) is 5.11 Å². The molecule has 0 amide bonds. The van der Waals surface area contributed by atoms with Crippen LogP contribution in [0.1, 0.15) is 72.6 Å². The molecule has 0 spiro atoms. The molecular weight excluding hydrogens is 323 g/mol. The third kappa shape index (κ3) is 4.41. The zero-order valence-corrected chi connectivity index (χ0v) is 17.5. The van der Waals surface area contributed by atoms with Gasteiger partial charge in [0.1, 0.15) is 5.75 Å². The van der Waals surface area contributed by atoms with Crippen molar-refractivity contribution < 1.29 is 5.11 Å². The molecule has 0 bridgehead atoms. The molecule has 0 aromatic heterocycles. The van der Waals surface area contributed by atoms with Crippen molar-refractivity contribution in [2.75, 3.05) is 0 Å². The van der Waals surface area contributed by atoms with Crippen LogP contribution in [-0.4, -0.2) is 16.4 Å². The van der Waals surface area contributed by atoms with E-state index in [0.29, 0.717) is 5.75 Å². The molecule has 2 aliphatic rings. The van der Waals surface area contributed by atoms with Crippen LogP contribution < -0.4 is 5.30 Å². The van der Waals surface area contributed by atoms with Gasteiger partial charge < -0.3 is 5.11 Å². The van der Waals surface area contributed by atoms with Crippen molar-refractivity contribution in [3.05, 3.63) is 24.3 Å². The van der Waals surface area contributed by atoms with E-state index < -0.39 is 0 Å². The number of hydrogen-bond acceptors (Lipinski definition) is 1. The van der Waals surface area contributed by atoms with Gasteiger partial charge in [0.2, 0.25) is 0 Å². The van der Waals surface area contributed by atoms with E-state index in [1.165, 1.54) is 50.3 Å². The monoisotopic (exact) mass is 360 g/mol. The molecule has 2 heteroatoms. The Morgan fingerprint density at radius 3 is 2.36 bits per heavy atom. The summed E-state index contributed by atoms with van der Waals surface area (Å²) in [7, 11) is -0.288. The minimum absolute atomic E-state index is 0.288. The van der Waals surface area contributed by atoms with E-state index in [-0.39, 0.29) is 7.92 Å². The third-order valence-corrected chi connectivity index (χ3v) is 10.3. The van der Waals surface area contributed by atoms with Crippen molar-refractivity contribution in [2.45, 2.75) is 84.0 Å². The van der Waals surface area contributed by atoms with Crippen LogP contribution in [0.2, 0.25) is 0 Å². The summed E-state index contributed by atoms with van der Waals surface area (Å²) in [5.74, 6) is 3.85. The topological polar surface area (TPSA) is 20.2 Å². The van der Waals surface area contributed by atoms with Gasteiger partial charge in [-0.3, -0.25) is 0 Å². The molecule has 2 fully saturated rings. The molecule has 0 saturated heterocycles. The highest BCUT2D eigenvalue weighted by molar-refractivity contribution is 7.67. The Kier molecular flexibility index (Phi) is 6.48. The molecule has 2 saturated carbocycles. The van der Waals surface area contributed by atoms with Crippen LogP contribution >= 0.6 is 7.92 Å². The second kappa shape index (κ2) is 8.43. The zero-order valence-electron chi connectivity index (χ0n) is 16.6. The summed E-state index contributed by atoms with van der Waals surface area (Å²) in [6.45, 7) is 9.74. The maximum atomic E-state index is 10.7. The van der Waals surface area contributed by atoms with Gasteiger partial charge in [-0.15, -0.1) is 0 Å². The van der Waals surface area contributed by atoms with E-state index in [1.807, 2.05) is 12.1 Å². The first kappa shape index (κ1) is 19.2. The van der Waals surface area contributed by atoms with Gasteiger partial charge >= 0.3 is 0 Å². The van der Waals surface area contributed by atoms with Crippen LogP contribution in [0.15, 0.2) is 24.3 Å². The van der Waals surface area contributed by atoms with Crippen molar-refractivity contribution >= 4 is 13.2 Å². The maximum Gasteiger partial charge on any atom is 0.123 e. The molecular formula is C23H37OP. The zero-order chi connectivity index (χ0) is 18.0. The molecule has 25 heavy (non-hydrogen) atoms. The molecule has 1 nitrogen and oxygen atoms in total. The predicted molar refractivity (Wildman–Crippen MR) is 111 cm³/mol. The highest BCUT2D eigenvalue weighted by Crippen LogP contribution is 2.59. The first-order valence-electron chi connectivity index (χ1n) is 10.5. The third-order valence-electron chi connectivity index (χ3n) is 6.81. The SMILES string of the molecule is CC(C)C1CC[C@@H](C)CC1P(c1ccccc1O)C1CCC[C@@H](C)C1. The maximum absolute atomic E-state index is 10.7. The predicted octanol–water partition coefficient (Wildman–Crippen LogP) is 6.54. The molecule has 6 atom stereocenters. The van der Waals surface area contributed by atoms with Gasteiger partial charge in [-0.05, 0) is 66.7 Å². The lowest BCUT2D eigenvalue weighted by molar-refractivity contribution is 0.239. The number of para-hydroxylation sites is 1. The van der Waals surface area contributed by atoms with Gasteiger partial charge in [0.15, 0.2) is 0 Å². The fourth-order valence-corrected chi connectivity index (χ4v) is 9.89. The highest BCUT2D eigenvalue weighted by atomic mass is 31.1. The van der Waals surface area contributed by atoms with E-state index in [0.717, 1.165) is 35.0 Å². The summed E-state index contributed by atoms with van der Waals surface area (Å²) in [5.41, 5.74) is 1.60. The summed E-state index contributed by atoms with van der Waals surface area (Å²) in [4.78, 5) is 0. The largest absolute Gasteiger partial charge is 0.507 e. The number of phenolic OH excluding ortho intramolecular Hbond substituents is 1. The van der Waals surface area contributed by atoms with Crippen LogP contribution in [0.25, 0.3) is 0 Å². The summed E-state index contributed by atoms with van der Waals surface area (Å²) < 4.78 is 0. The Balaban J connectivity index is 1.98. The van der Waals surface area contributed by atoms with Gasteiger partial charge in [-0.1, -0.05) is 73.1 Å². The quantitative estimate of drug-likeness (QED) is 0.605. The van der Waals surface area contributed by atoms with E-state index in [4.69, 9.17) is 0 Å². The number of hydrogen-bond donors (Lipinski definition) is 1. The Hall–Kier alpha value is -0.550. The molecule has 1 aromatic carbocycles. The second-order valence-corrected chi connectivity index (χ2v) is 11.9. The summed E-state index contributed by atoms with van der Waals surface area (Å²) >= 11 is 0. The molecule has 4 unspecified atom stereocenters. The molecule has 0 aliphatic heterocycles. The molecule has 0 radical (unpaired) electrons. The lowest BCUT2D eigenvalue weighted by atomic mass is 9.77. The van der Waals surface area contributed by atoms with E-state index in [1.54, 1.807) is 0 Å². The minimum atomic E-state index is -0.288. The van der Waals surface area contributed by atoms with E-state index >= 15 is 0 Å². The lowest BCUT2D eigenvalue weighted by Crippen LogP contribution is -2.37. The molecule has 1 N–H and O–H groups in total. The van der Waals surface area contributed by atoms with Gasteiger partial charge in [0.25, 0.3) is 0 Å². The van der Waals surface area contributed by atoms with Crippen LogP contribution in [0, 0.1) is 23.7 Å². The Bertz CT molecular complexity index is 555. The Morgan fingerprint density at radius 2 is 1.68 bits per heavy atom. The Labute approximate surface area is 156 Å². The fourth-order valence-electron chi connectivity index (χ4n) is 5.46. The minimum Gasteiger partial charge on any atom is -0.507 e. The number of benzene rings is 1. The average molecular weight is 361 g/mol. The standard InChI is InChI=1S/C23H37OP/c1-16(2)20-13-12-18(4)15-23(20)25(19-9-7-8-17(3)14-19)22-11-6-5-10-21(22)24/h5-6,10-11,16-20,23-24H,7-9,12-15H2,1-4H3/t17-,18-,19?,20?,23?,25?/m1/s1. The first-order chi connectivity index (χ1) is 12.0. The smallest absolute Gasteiger partial charge is 0.123 e. The van der Waals surface area contributed by atoms with Crippen molar-refractivity contribution in [1.82, 2.24) is 0 Å². The van der Waals surface area contributed by atoms with Crippen molar-refractivity contribution in [3.8, 4) is 5.75 Å². The molecule has 2 aliphatic carbocycles. The second-order valence-electron chi connectivity index (χ2n) is 9.22. The van der Waals surface area contributed by atoms with E-state index in [2.05, 4.69) is 39.8 Å². The van der Waals surface area contributed by atoms with Crippen LogP contribution in [0.5, 0.6) is 5.75 Å². The first-order valence-corrected chi connectivity index (χ1v) is 12.0. The summed E-state index contributed by atoms with van der Waals surface area (Å²) in [5, 5.41) is 12.0. The highest BCUT2D eigenvalue weighted by Gasteiger charge is 2.41. The summed E-state index contributed by atoms with van der Waals surface area (Å²) in [6.07, 6.45) is 9.67. The summed E-state index contributed by atoms with van der Waals surface area (Å²) in [6, 6.07) is 8.30. The number of aromatic hydroxyl groups is 1. The van der Waals surface area contributed by atoms with Crippen molar-refractivity contribution in [1.29, 1.82) is 0 Å². The van der Waals surface area contributed by atoms with Gasteiger partial charge in [0.05, 0.1) is 0 Å². The van der Waals surface area contributed by atoms with Crippen LogP contribution in [0.4, 0.5) is 0 Å². The van der Waals surface area contributed by atoms with Gasteiger partial charge in [0, 0.05) is 5.30 Å². The van der Waals surface area contributed by atoms with Crippen LogP contribution in [-0.2, 0) is 0 Å². The molecule has 1 aromatic rings. The number of phenols is 1. The molecule has 0 heterocycles. The molecule has 140 valence electrons. The fraction of sp³-hybridized carbons (Fsp3) is 0.739. The molecule has 3 rings (SSSR count). The van der Waals surface area contributed by atoms with Gasteiger partial charge in [-0.2, -0.15) is 0 Å². The van der Waals surface area contributed by atoms with Crippen LogP contribution in [0.3, 0.4) is 0 Å². The normalized spacial score (nSPS) is 34.8. The van der Waals surface area contributed by atoms with Gasteiger partial charge in [-0.25, -0.2) is 0 Å².